The lowest BCUT2D eigenvalue weighted by Gasteiger charge is -2.20. The standard InChI is InChI=1S/C80H157NO5/c1-3-5-7-9-11-13-15-17-19-21-22-23-35-38-41-44-48-52-56-60-64-68-72-78(83)77(76-82)81-79(84)73-69-65-61-57-53-49-45-42-39-36-33-31-29-27-25-24-26-28-30-32-34-37-40-43-47-51-55-59-63-67-71-75-86-80(85)74-70-66-62-58-54-50-46-20-18-16-14-12-10-8-6-4-2/h68,72,77-78,82-83H,3-67,69-71,73-76H2,1-2H3,(H,81,84)/b72-68+. The molecule has 0 aliphatic rings. The van der Waals surface area contributed by atoms with Gasteiger partial charge in [0.1, 0.15) is 0 Å². The van der Waals surface area contributed by atoms with Gasteiger partial charge in [-0.3, -0.25) is 9.59 Å². The molecule has 0 saturated carbocycles. The second-order valence-corrected chi connectivity index (χ2v) is 27.8. The van der Waals surface area contributed by atoms with Crippen LogP contribution in [0.5, 0.6) is 0 Å². The van der Waals surface area contributed by atoms with Gasteiger partial charge < -0.3 is 20.3 Å². The lowest BCUT2D eigenvalue weighted by molar-refractivity contribution is -0.143. The van der Waals surface area contributed by atoms with Crippen molar-refractivity contribution in [1.82, 2.24) is 5.32 Å². The quantitative estimate of drug-likeness (QED) is 0.0320. The van der Waals surface area contributed by atoms with E-state index in [4.69, 9.17) is 4.74 Å². The van der Waals surface area contributed by atoms with Crippen molar-refractivity contribution in [3.05, 3.63) is 12.2 Å². The number of carbonyl (C=O) groups excluding carboxylic acids is 2. The number of rotatable bonds is 76. The Balaban J connectivity index is 3.34. The summed E-state index contributed by atoms with van der Waals surface area (Å²) in [5.41, 5.74) is 0. The first-order valence-electron chi connectivity index (χ1n) is 40.0. The van der Waals surface area contributed by atoms with Gasteiger partial charge in [-0.25, -0.2) is 0 Å². The number of hydrogen-bond donors (Lipinski definition) is 3. The summed E-state index contributed by atoms with van der Waals surface area (Å²) in [4.78, 5) is 24.7. The van der Waals surface area contributed by atoms with Gasteiger partial charge in [0.25, 0.3) is 0 Å². The Bertz CT molecular complexity index is 1300. The highest BCUT2D eigenvalue weighted by Gasteiger charge is 2.18. The summed E-state index contributed by atoms with van der Waals surface area (Å²) >= 11 is 0. The van der Waals surface area contributed by atoms with Gasteiger partial charge in [0, 0.05) is 12.8 Å². The predicted molar refractivity (Wildman–Crippen MR) is 380 cm³/mol. The van der Waals surface area contributed by atoms with Crippen LogP contribution in [0.3, 0.4) is 0 Å². The van der Waals surface area contributed by atoms with Crippen LogP contribution in [0, 0.1) is 0 Å². The van der Waals surface area contributed by atoms with E-state index in [-0.39, 0.29) is 18.5 Å². The topological polar surface area (TPSA) is 95.9 Å². The largest absolute Gasteiger partial charge is 0.466 e. The SMILES string of the molecule is CCCCCCCCCCCCCCCCCCCCCC/C=C/C(O)C(CO)NC(=O)CCCCCCCCCCCCCCCCCCCCCCCCCCCCCCCCCOC(=O)CCCCCCCCCCCCCCCCCC. The van der Waals surface area contributed by atoms with Crippen molar-refractivity contribution >= 4 is 11.9 Å². The molecule has 0 aliphatic heterocycles. The Morgan fingerprint density at radius 2 is 0.535 bits per heavy atom. The van der Waals surface area contributed by atoms with E-state index in [0.717, 1.165) is 38.5 Å². The Morgan fingerprint density at radius 1 is 0.314 bits per heavy atom. The second kappa shape index (κ2) is 76.1. The molecule has 512 valence electrons. The highest BCUT2D eigenvalue weighted by molar-refractivity contribution is 5.76. The molecule has 0 aromatic carbocycles. The number of esters is 1. The van der Waals surface area contributed by atoms with Gasteiger partial charge in [0.15, 0.2) is 0 Å². The maximum absolute atomic E-state index is 12.5. The second-order valence-electron chi connectivity index (χ2n) is 27.8. The van der Waals surface area contributed by atoms with E-state index in [1.807, 2.05) is 6.08 Å². The molecule has 0 aromatic rings. The summed E-state index contributed by atoms with van der Waals surface area (Å²) in [6.07, 6.45) is 96.2. The number of aliphatic hydroxyl groups excluding tert-OH is 2. The molecular weight excluding hydrogens is 1050 g/mol. The van der Waals surface area contributed by atoms with Crippen molar-refractivity contribution in [3.8, 4) is 0 Å². The molecule has 0 aliphatic carbocycles. The average Bonchev–Trinajstić information content (AvgIpc) is 3.59. The van der Waals surface area contributed by atoms with Crippen molar-refractivity contribution in [3.63, 3.8) is 0 Å². The number of allylic oxidation sites excluding steroid dienone is 1. The molecule has 86 heavy (non-hydrogen) atoms. The summed E-state index contributed by atoms with van der Waals surface area (Å²) in [6, 6.07) is -0.625. The molecule has 2 atom stereocenters. The Hall–Kier alpha value is -1.40. The molecule has 6 nitrogen and oxygen atoms in total. The van der Waals surface area contributed by atoms with E-state index < -0.39 is 12.1 Å². The molecule has 0 fully saturated rings. The number of amides is 1. The summed E-state index contributed by atoms with van der Waals surface area (Å²) in [7, 11) is 0. The fourth-order valence-corrected chi connectivity index (χ4v) is 13.0. The molecule has 0 heterocycles. The first-order chi connectivity index (χ1) is 42.5. The number of hydrogen-bond acceptors (Lipinski definition) is 5. The molecule has 0 bridgehead atoms. The average molecular weight is 1210 g/mol. The molecule has 6 heteroatoms. The first-order valence-corrected chi connectivity index (χ1v) is 40.0. The summed E-state index contributed by atoms with van der Waals surface area (Å²) in [5, 5.41) is 23.3. The zero-order valence-electron chi connectivity index (χ0n) is 58.8. The van der Waals surface area contributed by atoms with Crippen LogP contribution in [-0.2, 0) is 14.3 Å². The van der Waals surface area contributed by atoms with Gasteiger partial charge >= 0.3 is 5.97 Å². The van der Waals surface area contributed by atoms with Crippen molar-refractivity contribution in [2.24, 2.45) is 0 Å². The van der Waals surface area contributed by atoms with Gasteiger partial charge in [-0.15, -0.1) is 0 Å². The third-order valence-electron chi connectivity index (χ3n) is 19.1. The summed E-state index contributed by atoms with van der Waals surface area (Å²) in [6.45, 7) is 4.97. The van der Waals surface area contributed by atoms with Gasteiger partial charge in [0.05, 0.1) is 25.4 Å². The maximum atomic E-state index is 12.5. The smallest absolute Gasteiger partial charge is 0.305 e. The number of ether oxygens (including phenoxy) is 1. The molecule has 0 saturated heterocycles. The molecule has 0 radical (unpaired) electrons. The number of unbranched alkanes of at least 4 members (excludes halogenated alkanes) is 65. The van der Waals surface area contributed by atoms with Crippen molar-refractivity contribution in [1.29, 1.82) is 0 Å². The third-order valence-corrected chi connectivity index (χ3v) is 19.1. The van der Waals surface area contributed by atoms with Crippen LogP contribution in [0.2, 0.25) is 0 Å². The fourth-order valence-electron chi connectivity index (χ4n) is 13.0. The van der Waals surface area contributed by atoms with Crippen LogP contribution >= 0.6 is 0 Å². The van der Waals surface area contributed by atoms with Crippen LogP contribution in [0.25, 0.3) is 0 Å². The minimum Gasteiger partial charge on any atom is -0.466 e. The highest BCUT2D eigenvalue weighted by Crippen LogP contribution is 2.20. The van der Waals surface area contributed by atoms with E-state index >= 15 is 0 Å². The van der Waals surface area contributed by atoms with E-state index in [1.54, 1.807) is 6.08 Å². The van der Waals surface area contributed by atoms with Gasteiger partial charge in [-0.2, -0.15) is 0 Å². The minimum absolute atomic E-state index is 0.0252. The van der Waals surface area contributed by atoms with Crippen LogP contribution < -0.4 is 5.32 Å². The summed E-state index contributed by atoms with van der Waals surface area (Å²) < 4.78 is 5.51. The molecule has 1 amide bonds. The van der Waals surface area contributed by atoms with Crippen LogP contribution in [-0.4, -0.2) is 47.4 Å². The molecule has 2 unspecified atom stereocenters. The van der Waals surface area contributed by atoms with Gasteiger partial charge in [-0.05, 0) is 32.1 Å². The first kappa shape index (κ1) is 84.6. The highest BCUT2D eigenvalue weighted by atomic mass is 16.5. The predicted octanol–water partition coefficient (Wildman–Crippen LogP) is 26.3. The van der Waals surface area contributed by atoms with Gasteiger partial charge in [-0.1, -0.05) is 431 Å². The monoisotopic (exact) mass is 1210 g/mol. The number of carbonyl (C=O) groups is 2. The van der Waals surface area contributed by atoms with E-state index in [2.05, 4.69) is 19.2 Å². The van der Waals surface area contributed by atoms with Crippen LogP contribution in [0.1, 0.15) is 463 Å². The van der Waals surface area contributed by atoms with Crippen molar-refractivity contribution in [2.75, 3.05) is 13.2 Å². The third kappa shape index (κ3) is 71.7. The number of aliphatic hydroxyl groups is 2. The summed E-state index contributed by atoms with van der Waals surface area (Å²) in [5.74, 6) is -0.0331. The Morgan fingerprint density at radius 3 is 0.791 bits per heavy atom. The Kier molecular flexibility index (Phi) is 74.8. The molecule has 0 rings (SSSR count). The van der Waals surface area contributed by atoms with E-state index in [1.165, 1.54) is 398 Å². The molecule has 0 spiro atoms. The zero-order valence-corrected chi connectivity index (χ0v) is 58.8. The molecule has 0 aromatic heterocycles. The minimum atomic E-state index is -0.842. The van der Waals surface area contributed by atoms with Gasteiger partial charge in [0.2, 0.25) is 5.91 Å². The fraction of sp³-hybridized carbons (Fsp3) is 0.950. The lowest BCUT2D eigenvalue weighted by Crippen LogP contribution is -2.45. The van der Waals surface area contributed by atoms with Crippen molar-refractivity contribution in [2.45, 2.75) is 475 Å². The maximum Gasteiger partial charge on any atom is 0.305 e. The zero-order chi connectivity index (χ0) is 62.0. The normalized spacial score (nSPS) is 12.5. The molecular formula is C80H157NO5. The number of nitrogens with one attached hydrogen (secondary N) is 1. The van der Waals surface area contributed by atoms with E-state index in [0.29, 0.717) is 19.4 Å². The molecule has 3 N–H and O–H groups in total. The van der Waals surface area contributed by atoms with Crippen molar-refractivity contribution < 1.29 is 24.5 Å². The van der Waals surface area contributed by atoms with Crippen LogP contribution in [0.15, 0.2) is 12.2 Å². The van der Waals surface area contributed by atoms with E-state index in [9.17, 15) is 19.8 Å². The van der Waals surface area contributed by atoms with Crippen LogP contribution in [0.4, 0.5) is 0 Å². The lowest BCUT2D eigenvalue weighted by atomic mass is 10.0. The Labute approximate surface area is 539 Å².